The first-order valence-electron chi connectivity index (χ1n) is 32.6. The summed E-state index contributed by atoms with van der Waals surface area (Å²) in [5.41, 5.74) is 0.241. The Hall–Kier alpha value is -2.00. The van der Waals surface area contributed by atoms with Crippen molar-refractivity contribution in [3.8, 4) is 0 Å². The summed E-state index contributed by atoms with van der Waals surface area (Å²) in [6.45, 7) is 58.0. The van der Waals surface area contributed by atoms with E-state index in [4.69, 9.17) is 18.9 Å². The van der Waals surface area contributed by atoms with Crippen molar-refractivity contribution >= 4 is 23.4 Å². The zero-order chi connectivity index (χ0) is 62.9. The summed E-state index contributed by atoms with van der Waals surface area (Å²) >= 11 is 0. The lowest BCUT2D eigenvalue weighted by atomic mass is 9.89. The van der Waals surface area contributed by atoms with Crippen molar-refractivity contribution in [2.75, 3.05) is 80.1 Å². The minimum atomic E-state index is -0.0725. The molecule has 8 rings (SSSR count). The Morgan fingerprint density at radius 1 is 0.519 bits per heavy atom. The van der Waals surface area contributed by atoms with Crippen molar-refractivity contribution in [2.24, 2.45) is 58.7 Å². The van der Waals surface area contributed by atoms with E-state index in [0.717, 1.165) is 94.6 Å². The molecule has 0 aromatic carbocycles. The van der Waals surface area contributed by atoms with Crippen LogP contribution in [0.3, 0.4) is 0 Å². The second kappa shape index (κ2) is 37.5. The number of likely N-dealkylation sites (N-methyl/N-ethyl adjacent to an activating group) is 1. The number of carbonyl (C=O) groups is 4. The zero-order valence-corrected chi connectivity index (χ0v) is 58.2. The van der Waals surface area contributed by atoms with Crippen LogP contribution in [-0.2, 0) is 38.1 Å². The molecule has 2 amide bonds. The Bertz CT molecular complexity index is 1680. The molecule has 480 valence electrons. The van der Waals surface area contributed by atoms with Crippen LogP contribution in [0.4, 0.5) is 0 Å². The number of carbonyl (C=O) groups excluding carboxylic acids is 4. The largest absolute Gasteiger partial charge is 0.376 e. The molecule has 8 fully saturated rings. The third-order valence-electron chi connectivity index (χ3n) is 15.8. The molecule has 12 atom stereocenters. The Morgan fingerprint density at radius 3 is 1.19 bits per heavy atom. The van der Waals surface area contributed by atoms with Gasteiger partial charge >= 0.3 is 0 Å². The van der Waals surface area contributed by atoms with Gasteiger partial charge < -0.3 is 34.5 Å². The first-order chi connectivity index (χ1) is 37.3. The summed E-state index contributed by atoms with van der Waals surface area (Å²) < 4.78 is 23.4. The molecule has 2 N–H and O–H groups in total. The van der Waals surface area contributed by atoms with Gasteiger partial charge in [-0.3, -0.25) is 29.0 Å². The molecule has 13 nitrogen and oxygen atoms in total. The molecule has 0 bridgehead atoms. The van der Waals surface area contributed by atoms with Crippen LogP contribution in [0.5, 0.6) is 0 Å². The average Bonchev–Trinajstić information content (AvgIpc) is 4.32. The average molecular weight is 1150 g/mol. The highest BCUT2D eigenvalue weighted by atomic mass is 16.5. The predicted octanol–water partition coefficient (Wildman–Crippen LogP) is 13.6. The maximum atomic E-state index is 11.1. The van der Waals surface area contributed by atoms with Gasteiger partial charge in [-0.2, -0.15) is 0 Å². The normalized spacial score (nSPS) is 29.1. The van der Waals surface area contributed by atoms with Crippen LogP contribution >= 0.6 is 0 Å². The van der Waals surface area contributed by atoms with E-state index in [-0.39, 0.29) is 45.8 Å². The van der Waals surface area contributed by atoms with E-state index in [9.17, 15) is 19.2 Å². The molecule has 0 aromatic rings. The van der Waals surface area contributed by atoms with Crippen molar-refractivity contribution in [3.05, 3.63) is 0 Å². The van der Waals surface area contributed by atoms with Gasteiger partial charge in [-0.25, -0.2) is 0 Å². The van der Waals surface area contributed by atoms with Crippen molar-refractivity contribution in [2.45, 2.75) is 278 Å². The number of amides is 2. The number of hydrogen-bond acceptors (Lipinski definition) is 11. The van der Waals surface area contributed by atoms with Crippen molar-refractivity contribution < 1.29 is 38.1 Å². The lowest BCUT2D eigenvalue weighted by molar-refractivity contribution is -0.123. The van der Waals surface area contributed by atoms with Gasteiger partial charge in [0.1, 0.15) is 11.6 Å². The number of nitrogens with one attached hydrogen (secondary N) is 2. The molecule has 0 spiro atoms. The van der Waals surface area contributed by atoms with E-state index in [1.807, 2.05) is 27.7 Å². The maximum absolute atomic E-state index is 11.1. The van der Waals surface area contributed by atoms with E-state index in [1.165, 1.54) is 51.5 Å². The highest BCUT2D eigenvalue weighted by molar-refractivity contribution is 5.81. The fourth-order valence-electron chi connectivity index (χ4n) is 11.5. The number of hydrogen-bond donors (Lipinski definition) is 2. The van der Waals surface area contributed by atoms with E-state index < -0.39 is 0 Å². The number of ketones is 2. The minimum Gasteiger partial charge on any atom is -0.376 e. The third-order valence-corrected chi connectivity index (χ3v) is 15.8. The Labute approximate surface area is 501 Å². The molecule has 5 aliphatic carbocycles. The molecule has 13 heteroatoms. The van der Waals surface area contributed by atoms with Crippen LogP contribution < -0.4 is 10.6 Å². The second-order valence-corrected chi connectivity index (χ2v) is 29.5. The van der Waals surface area contributed by atoms with E-state index in [1.54, 1.807) is 27.9 Å². The van der Waals surface area contributed by atoms with Gasteiger partial charge in [0.15, 0.2) is 0 Å². The van der Waals surface area contributed by atoms with Crippen molar-refractivity contribution in [1.82, 2.24) is 25.3 Å². The number of rotatable bonds is 12. The van der Waals surface area contributed by atoms with E-state index in [2.05, 4.69) is 157 Å². The number of likely N-dealkylation sites (tertiary alicyclic amines) is 3. The number of ether oxygens (including phenoxy) is 4. The summed E-state index contributed by atoms with van der Waals surface area (Å²) in [5, 5.41) is 5.31. The molecule has 3 saturated heterocycles. The van der Waals surface area contributed by atoms with Crippen molar-refractivity contribution in [1.29, 1.82) is 0 Å². The Morgan fingerprint density at radius 2 is 0.914 bits per heavy atom. The quantitative estimate of drug-likeness (QED) is 0.193. The fraction of sp³-hybridized carbons (Fsp3) is 0.941. The van der Waals surface area contributed by atoms with Crippen molar-refractivity contribution in [3.63, 3.8) is 0 Å². The summed E-state index contributed by atoms with van der Waals surface area (Å²) in [7, 11) is 5.56. The molecular weight excluding hydrogens is 1010 g/mol. The van der Waals surface area contributed by atoms with E-state index >= 15 is 0 Å². The highest BCUT2D eigenvalue weighted by Crippen LogP contribution is 2.57. The molecule has 6 unspecified atom stereocenters. The van der Waals surface area contributed by atoms with Crippen LogP contribution in [-0.4, -0.2) is 159 Å². The zero-order valence-electron chi connectivity index (χ0n) is 58.2. The highest BCUT2D eigenvalue weighted by Gasteiger charge is 2.52. The summed E-state index contributed by atoms with van der Waals surface area (Å²) in [6, 6.07) is 0. The Balaban J connectivity index is 0.000000922. The standard InChI is InChI=1S/2C11H21NO2.C11H20O.C10H21NO.C9H17NO.C6H11NO.C6H12.2C2H6/c2*1-9(13)7-12-6-5-10(8-12)14-11(2,3)4;1-11(2,3)12-7-10-8-5-4-6-9(8)10;1-10(2,3)12-9-6-5-7-11(4)8-9;1-9(2,3)7-5-6(7)8(11)10-4;1-4-3-5(4)6(8)7-2;1-3-6-4-5(6)2;2*1-2/h2*10H,5-8H2,1-4H3;8-10H,4-7H2,1-3H3;9H,5-8H2,1-4H3;6-7H,5H2,1-4H3,(H,10,11);4-5H,3H2,1-2H3,(H,7,8);5-6H,3-4H2,1-2H3;2*1-2H3/t;;8-,9+,10?;;;4-,5+;5-,6+;;/m.....11../s1. The maximum Gasteiger partial charge on any atom is 0.223 e. The van der Waals surface area contributed by atoms with Gasteiger partial charge in [0, 0.05) is 58.7 Å². The summed E-state index contributed by atoms with van der Waals surface area (Å²) in [5.74, 6) is 7.94. The van der Waals surface area contributed by atoms with Gasteiger partial charge in [0.25, 0.3) is 0 Å². The molecule has 0 aromatic heterocycles. The van der Waals surface area contributed by atoms with Crippen LogP contribution in [0.2, 0.25) is 0 Å². The van der Waals surface area contributed by atoms with Gasteiger partial charge in [-0.1, -0.05) is 82.1 Å². The number of Topliss-reactive ketones (excluding diaryl/α,β-unsaturated/α-hetero) is 2. The smallest absolute Gasteiger partial charge is 0.223 e. The fourth-order valence-corrected chi connectivity index (χ4v) is 11.5. The minimum absolute atomic E-state index is 0.0167. The molecule has 8 aliphatic rings. The van der Waals surface area contributed by atoms with Crippen LogP contribution in [0.25, 0.3) is 0 Å². The molecule has 81 heavy (non-hydrogen) atoms. The molecule has 3 aliphatic heterocycles. The molecule has 5 saturated carbocycles. The number of fused-ring (bicyclic) bond motifs is 1. The molecular formula is C68H135N5O8. The van der Waals surface area contributed by atoms with Crippen LogP contribution in [0.1, 0.15) is 237 Å². The number of piperidine rings is 1. The van der Waals surface area contributed by atoms with Gasteiger partial charge in [0.2, 0.25) is 11.8 Å². The van der Waals surface area contributed by atoms with Crippen LogP contribution in [0, 0.1) is 58.7 Å². The summed E-state index contributed by atoms with van der Waals surface area (Å²) in [6.07, 6.45) is 15.1. The second-order valence-electron chi connectivity index (χ2n) is 29.5. The lowest BCUT2D eigenvalue weighted by Gasteiger charge is -2.34. The topological polar surface area (TPSA) is 139 Å². The van der Waals surface area contributed by atoms with Gasteiger partial charge in [0.05, 0.1) is 60.4 Å². The summed E-state index contributed by atoms with van der Waals surface area (Å²) in [4.78, 5) is 50.3. The predicted molar refractivity (Wildman–Crippen MR) is 341 cm³/mol. The van der Waals surface area contributed by atoms with Gasteiger partial charge in [-0.05, 0) is 215 Å². The molecule has 3 heterocycles. The van der Waals surface area contributed by atoms with Gasteiger partial charge in [-0.15, -0.1) is 0 Å². The Kier molecular flexibility index (Phi) is 36.6. The molecule has 0 radical (unpaired) electrons. The number of nitrogens with zero attached hydrogens (tertiary/aromatic N) is 3. The third kappa shape index (κ3) is 37.9. The first-order valence-corrected chi connectivity index (χ1v) is 32.6. The van der Waals surface area contributed by atoms with Crippen LogP contribution in [0.15, 0.2) is 0 Å². The SMILES string of the molecule is CC.CC.CC(=O)CN1CCC(OC(C)(C)C)C1.CC(=O)CN1CCC(OC(C)(C)C)C1.CC(C)(C)OCC1[C@H]2CCC[C@@H]12.CC[C@H]1C[C@H]1C.CN1CCCC(OC(C)(C)C)C1.CNC(=O)C1CC1C(C)(C)C.CNC(=O)[C@H]1C[C@H]1C. The monoisotopic (exact) mass is 1150 g/mol. The first kappa shape index (κ1) is 79.0. The van der Waals surface area contributed by atoms with E-state index in [0.29, 0.717) is 60.5 Å². The lowest BCUT2D eigenvalue weighted by Crippen LogP contribution is -2.40.